The normalized spacial score (nSPS) is 8.85. The van der Waals surface area contributed by atoms with Gasteiger partial charge in [0.15, 0.2) is 0 Å². The van der Waals surface area contributed by atoms with Gasteiger partial charge in [0.05, 0.1) is 25.0 Å². The summed E-state index contributed by atoms with van der Waals surface area (Å²) in [5.41, 5.74) is 1.93. The molecule has 0 aliphatic rings. The third kappa shape index (κ3) is 2.71. The lowest BCUT2D eigenvalue weighted by atomic mass is 10.0. The number of hydrogen-bond donors (Lipinski definition) is 0. The number of halogens is 1. The van der Waals surface area contributed by atoms with Crippen LogP contribution in [-0.4, -0.2) is 0 Å². The molecule has 0 spiro atoms. The van der Waals surface area contributed by atoms with E-state index < -0.39 is 0 Å². The molecule has 0 saturated carbocycles. The number of nitriles is 2. The van der Waals surface area contributed by atoms with Gasteiger partial charge in [-0.2, -0.15) is 10.5 Å². The van der Waals surface area contributed by atoms with Crippen molar-refractivity contribution < 1.29 is 0 Å². The molecule has 2 nitrogen and oxygen atoms in total. The van der Waals surface area contributed by atoms with Gasteiger partial charge in [-0.05, 0) is 45.9 Å². The second kappa shape index (κ2) is 4.84. The molecule has 0 fully saturated rings. The summed E-state index contributed by atoms with van der Waals surface area (Å²) >= 11 is 2.20. The van der Waals surface area contributed by atoms with E-state index in [1.807, 2.05) is 18.2 Å². The van der Waals surface area contributed by atoms with Crippen LogP contribution in [0.15, 0.2) is 18.2 Å². The van der Waals surface area contributed by atoms with Crippen molar-refractivity contribution >= 4 is 22.6 Å². The minimum atomic E-state index is 0.383. The Morgan fingerprint density at radius 3 is 2.31 bits per heavy atom. The molecule has 0 aromatic heterocycles. The molecule has 1 rings (SSSR count). The molecule has 0 amide bonds. The summed E-state index contributed by atoms with van der Waals surface area (Å²) in [4.78, 5) is 0. The monoisotopic (exact) mass is 282 g/mol. The minimum Gasteiger partial charge on any atom is -0.198 e. The van der Waals surface area contributed by atoms with E-state index >= 15 is 0 Å². The molecule has 1 aromatic carbocycles. The van der Waals surface area contributed by atoms with E-state index in [1.54, 1.807) is 0 Å². The highest BCUT2D eigenvalue weighted by Gasteiger charge is 2.01. The Kier molecular flexibility index (Phi) is 3.72. The van der Waals surface area contributed by atoms with Gasteiger partial charge in [0.25, 0.3) is 0 Å². The van der Waals surface area contributed by atoms with Crippen LogP contribution in [0.2, 0.25) is 0 Å². The summed E-state index contributed by atoms with van der Waals surface area (Å²) in [5, 5.41) is 17.1. The summed E-state index contributed by atoms with van der Waals surface area (Å²) in [5.74, 6) is 0. The Labute approximate surface area is 90.9 Å². The fourth-order valence-corrected chi connectivity index (χ4v) is 1.66. The molecule has 64 valence electrons. The molecule has 0 aliphatic carbocycles. The third-order valence-corrected chi connectivity index (χ3v) is 2.38. The standard InChI is InChI=1S/C10H7IN2/c11-10-2-1-8(3-5-12)9(7-10)4-6-13/h1-2,7H,3-4H2. The number of benzene rings is 1. The summed E-state index contributed by atoms with van der Waals surface area (Å²) in [6, 6.07) is 10.0. The third-order valence-electron chi connectivity index (χ3n) is 1.71. The maximum absolute atomic E-state index is 8.57. The molecule has 0 aliphatic heterocycles. The highest BCUT2D eigenvalue weighted by Crippen LogP contribution is 2.14. The summed E-state index contributed by atoms with van der Waals surface area (Å²) in [6.07, 6.45) is 0.766. The Hall–Kier alpha value is -1.07. The zero-order valence-electron chi connectivity index (χ0n) is 6.92. The summed E-state index contributed by atoms with van der Waals surface area (Å²) in [6.45, 7) is 0. The van der Waals surface area contributed by atoms with Gasteiger partial charge in [-0.15, -0.1) is 0 Å². The van der Waals surface area contributed by atoms with Crippen LogP contribution < -0.4 is 0 Å². The van der Waals surface area contributed by atoms with Crippen molar-refractivity contribution in [2.24, 2.45) is 0 Å². The average Bonchev–Trinajstić information content (AvgIpc) is 2.10. The van der Waals surface area contributed by atoms with Gasteiger partial charge >= 0.3 is 0 Å². The lowest BCUT2D eigenvalue weighted by Crippen LogP contribution is -1.92. The molecule has 0 radical (unpaired) electrons. The van der Waals surface area contributed by atoms with E-state index in [4.69, 9.17) is 10.5 Å². The van der Waals surface area contributed by atoms with Gasteiger partial charge in [-0.1, -0.05) is 6.07 Å². The van der Waals surface area contributed by atoms with Crippen LogP contribution in [0.5, 0.6) is 0 Å². The fraction of sp³-hybridized carbons (Fsp3) is 0.200. The summed E-state index contributed by atoms with van der Waals surface area (Å²) in [7, 11) is 0. The smallest absolute Gasteiger partial charge is 0.0669 e. The van der Waals surface area contributed by atoms with E-state index in [1.165, 1.54) is 0 Å². The van der Waals surface area contributed by atoms with E-state index in [2.05, 4.69) is 34.7 Å². The van der Waals surface area contributed by atoms with Crippen molar-refractivity contribution in [3.63, 3.8) is 0 Å². The lowest BCUT2D eigenvalue weighted by Gasteiger charge is -2.02. The van der Waals surface area contributed by atoms with E-state index in [0.717, 1.165) is 14.7 Å². The highest BCUT2D eigenvalue weighted by molar-refractivity contribution is 14.1. The lowest BCUT2D eigenvalue weighted by molar-refractivity contribution is 1.15. The Morgan fingerprint density at radius 1 is 1.08 bits per heavy atom. The van der Waals surface area contributed by atoms with E-state index in [0.29, 0.717) is 12.8 Å². The molecule has 0 bridgehead atoms. The second-order valence-corrected chi connectivity index (χ2v) is 3.83. The molecule has 0 heterocycles. The first-order valence-corrected chi connectivity index (χ1v) is 4.87. The zero-order valence-corrected chi connectivity index (χ0v) is 9.08. The zero-order chi connectivity index (χ0) is 9.68. The number of rotatable bonds is 2. The quantitative estimate of drug-likeness (QED) is 0.782. The predicted octanol–water partition coefficient (Wildman–Crippen LogP) is 2.42. The first-order chi connectivity index (χ1) is 6.27. The predicted molar refractivity (Wildman–Crippen MR) is 57.8 cm³/mol. The van der Waals surface area contributed by atoms with Gasteiger partial charge in [0.2, 0.25) is 0 Å². The van der Waals surface area contributed by atoms with E-state index in [-0.39, 0.29) is 0 Å². The molecule has 0 N–H and O–H groups in total. The van der Waals surface area contributed by atoms with Crippen LogP contribution in [0.1, 0.15) is 11.1 Å². The molecule has 0 atom stereocenters. The first-order valence-electron chi connectivity index (χ1n) is 3.79. The number of hydrogen-bond acceptors (Lipinski definition) is 2. The maximum Gasteiger partial charge on any atom is 0.0669 e. The van der Waals surface area contributed by atoms with Crippen molar-refractivity contribution in [2.75, 3.05) is 0 Å². The minimum absolute atomic E-state index is 0.383. The van der Waals surface area contributed by atoms with Crippen molar-refractivity contribution in [2.45, 2.75) is 12.8 Å². The van der Waals surface area contributed by atoms with E-state index in [9.17, 15) is 0 Å². The molecular formula is C10H7IN2. The van der Waals surface area contributed by atoms with Crippen LogP contribution in [0.25, 0.3) is 0 Å². The average molecular weight is 282 g/mol. The van der Waals surface area contributed by atoms with Crippen molar-refractivity contribution in [3.8, 4) is 12.1 Å². The van der Waals surface area contributed by atoms with Crippen LogP contribution >= 0.6 is 22.6 Å². The molecule has 13 heavy (non-hydrogen) atoms. The Balaban J connectivity index is 3.06. The van der Waals surface area contributed by atoms with Crippen molar-refractivity contribution in [3.05, 3.63) is 32.9 Å². The van der Waals surface area contributed by atoms with Crippen molar-refractivity contribution in [1.29, 1.82) is 10.5 Å². The van der Waals surface area contributed by atoms with Crippen LogP contribution in [0.3, 0.4) is 0 Å². The van der Waals surface area contributed by atoms with Crippen molar-refractivity contribution in [1.82, 2.24) is 0 Å². The van der Waals surface area contributed by atoms with Gasteiger partial charge < -0.3 is 0 Å². The molecule has 0 unspecified atom stereocenters. The molecule has 0 saturated heterocycles. The van der Waals surface area contributed by atoms with Gasteiger partial charge in [-0.3, -0.25) is 0 Å². The van der Waals surface area contributed by atoms with Crippen LogP contribution in [0.4, 0.5) is 0 Å². The fourth-order valence-electron chi connectivity index (χ4n) is 1.10. The summed E-state index contributed by atoms with van der Waals surface area (Å²) < 4.78 is 1.10. The Morgan fingerprint density at radius 2 is 1.69 bits per heavy atom. The molecule has 3 heteroatoms. The van der Waals surface area contributed by atoms with Gasteiger partial charge in [0.1, 0.15) is 0 Å². The largest absolute Gasteiger partial charge is 0.198 e. The highest BCUT2D eigenvalue weighted by atomic mass is 127. The Bertz CT molecular complexity index is 385. The topological polar surface area (TPSA) is 47.6 Å². The van der Waals surface area contributed by atoms with Crippen LogP contribution in [-0.2, 0) is 12.8 Å². The molecule has 1 aromatic rings. The number of nitrogens with zero attached hydrogens (tertiary/aromatic N) is 2. The second-order valence-electron chi connectivity index (χ2n) is 2.58. The van der Waals surface area contributed by atoms with Crippen LogP contribution in [0, 0.1) is 26.2 Å². The maximum atomic E-state index is 8.57. The van der Waals surface area contributed by atoms with Gasteiger partial charge in [-0.25, -0.2) is 0 Å². The SMILES string of the molecule is N#CCc1ccc(I)cc1CC#N. The molecular weight excluding hydrogens is 275 g/mol. The van der Waals surface area contributed by atoms with Gasteiger partial charge in [0, 0.05) is 3.57 Å². The first kappa shape index (κ1) is 10.0.